The van der Waals surface area contributed by atoms with Gasteiger partial charge in [0.1, 0.15) is 72.9 Å². The van der Waals surface area contributed by atoms with Crippen LogP contribution in [0.15, 0.2) is 43.6 Å². The number of anilines is 2. The molecule has 0 spiro atoms. The molecule has 21 nitrogen and oxygen atoms in total. The van der Waals surface area contributed by atoms with Gasteiger partial charge in [0.2, 0.25) is 0 Å². The minimum Gasteiger partial charge on any atom is -0.477 e. The summed E-state index contributed by atoms with van der Waals surface area (Å²) in [6.07, 6.45) is 4.22. The molecule has 5 amide bonds. The number of likely N-dealkylation sites (tertiary alicyclic amines) is 2. The van der Waals surface area contributed by atoms with E-state index in [4.69, 9.17) is 15.4 Å². The first-order valence-electron chi connectivity index (χ1n) is 20.2. The van der Waals surface area contributed by atoms with Gasteiger partial charge in [0.05, 0.1) is 40.3 Å². The molecular weight excluding hydrogens is 897 g/mol. The maximum Gasteiger partial charge on any atom is 0.352 e. The molecular formula is C38H48N12O9S4+2. The molecule has 0 bridgehead atoms. The number of nitrogens with two attached hydrogens (primary N) is 1. The van der Waals surface area contributed by atoms with Crippen LogP contribution in [0.1, 0.15) is 37.1 Å². The van der Waals surface area contributed by atoms with Gasteiger partial charge < -0.3 is 40.1 Å². The molecule has 6 aliphatic rings. The molecule has 6 aliphatic heterocycles. The first-order chi connectivity index (χ1) is 30.1. The van der Waals surface area contributed by atoms with E-state index in [1.807, 2.05) is 0 Å². The monoisotopic (exact) mass is 944 g/mol. The first kappa shape index (κ1) is 44.5. The van der Waals surface area contributed by atoms with E-state index in [-0.39, 0.29) is 44.5 Å². The Labute approximate surface area is 378 Å². The van der Waals surface area contributed by atoms with Gasteiger partial charge in [-0.25, -0.2) is 14.8 Å². The lowest BCUT2D eigenvalue weighted by molar-refractivity contribution is -0.893. The number of thiazole rings is 2. The van der Waals surface area contributed by atoms with Gasteiger partial charge in [-0.3, -0.25) is 39.1 Å². The van der Waals surface area contributed by atoms with E-state index in [2.05, 4.69) is 50.3 Å². The van der Waals surface area contributed by atoms with Crippen LogP contribution in [0.4, 0.5) is 10.3 Å². The van der Waals surface area contributed by atoms with Gasteiger partial charge in [0, 0.05) is 59.1 Å². The van der Waals surface area contributed by atoms with Gasteiger partial charge >= 0.3 is 5.97 Å². The van der Waals surface area contributed by atoms with E-state index in [1.54, 1.807) is 5.38 Å². The van der Waals surface area contributed by atoms with Crippen molar-refractivity contribution in [1.82, 2.24) is 30.4 Å². The van der Waals surface area contributed by atoms with Crippen molar-refractivity contribution in [1.29, 1.82) is 0 Å². The van der Waals surface area contributed by atoms with Gasteiger partial charge in [-0.15, -0.1) is 46.2 Å². The van der Waals surface area contributed by atoms with E-state index in [0.29, 0.717) is 34.7 Å². The molecule has 336 valence electrons. The van der Waals surface area contributed by atoms with E-state index in [0.717, 1.165) is 84.6 Å². The van der Waals surface area contributed by atoms with Crippen molar-refractivity contribution in [2.75, 3.05) is 90.1 Å². The molecule has 8 rings (SSSR count). The predicted octanol–water partition coefficient (Wildman–Crippen LogP) is 0.395. The van der Waals surface area contributed by atoms with E-state index in [1.165, 1.54) is 52.9 Å². The fraction of sp³-hybridized carbons (Fsp3) is 0.526. The van der Waals surface area contributed by atoms with E-state index >= 15 is 0 Å². The molecule has 8 heterocycles. The predicted molar refractivity (Wildman–Crippen MR) is 236 cm³/mol. The number of nitrogens with one attached hydrogen (secondary N) is 3. The summed E-state index contributed by atoms with van der Waals surface area (Å²) in [5.74, 6) is -3.45. The molecule has 4 fully saturated rings. The minimum absolute atomic E-state index is 0.0212. The molecule has 0 aromatic carbocycles. The summed E-state index contributed by atoms with van der Waals surface area (Å²) >= 11 is 4.98. The van der Waals surface area contributed by atoms with Crippen LogP contribution in [-0.4, -0.2) is 183 Å². The van der Waals surface area contributed by atoms with Gasteiger partial charge in [0.25, 0.3) is 29.5 Å². The highest BCUT2D eigenvalue weighted by molar-refractivity contribution is 8.00. The zero-order valence-corrected chi connectivity index (χ0v) is 38.2. The number of carboxylic acids is 1. The van der Waals surface area contributed by atoms with Gasteiger partial charge in [-0.2, -0.15) is 0 Å². The van der Waals surface area contributed by atoms with E-state index < -0.39 is 58.3 Å². The number of amides is 5. The number of nitrogens with zero attached hydrogens (tertiary/aromatic N) is 8. The molecule has 0 aliphatic carbocycles. The summed E-state index contributed by atoms with van der Waals surface area (Å²) in [5.41, 5.74) is 7.22. The zero-order chi connectivity index (χ0) is 44.8. The van der Waals surface area contributed by atoms with Crippen LogP contribution in [-0.2, 0) is 38.4 Å². The smallest absolute Gasteiger partial charge is 0.352 e. The van der Waals surface area contributed by atoms with Gasteiger partial charge in [-0.05, 0) is 0 Å². The van der Waals surface area contributed by atoms with Gasteiger partial charge in [0.15, 0.2) is 21.7 Å². The van der Waals surface area contributed by atoms with Crippen LogP contribution < -0.4 is 21.7 Å². The van der Waals surface area contributed by atoms with E-state index in [9.17, 15) is 33.9 Å². The largest absolute Gasteiger partial charge is 0.477 e. The maximum atomic E-state index is 14.3. The Morgan fingerprint density at radius 2 is 1.24 bits per heavy atom. The lowest BCUT2D eigenvalue weighted by Crippen LogP contribution is -2.71. The normalized spacial score (nSPS) is 25.2. The van der Waals surface area contributed by atoms with Crippen molar-refractivity contribution in [2.24, 2.45) is 10.3 Å². The lowest BCUT2D eigenvalue weighted by atomic mass is 10.0. The molecule has 2 aromatic rings. The number of β-lactam (4-membered cyclic amide) rings is 2. The number of carbonyl (C=O) groups is 6. The number of thioether (sulfide) groups is 2. The van der Waals surface area contributed by atoms with Crippen molar-refractivity contribution in [3.05, 3.63) is 44.7 Å². The van der Waals surface area contributed by atoms with Crippen LogP contribution in [0.25, 0.3) is 0 Å². The average molecular weight is 945 g/mol. The lowest BCUT2D eigenvalue weighted by Gasteiger charge is -2.50. The summed E-state index contributed by atoms with van der Waals surface area (Å²) in [4.78, 5) is 103. The third-order valence-corrected chi connectivity index (χ3v) is 16.2. The van der Waals surface area contributed by atoms with Crippen molar-refractivity contribution >= 4 is 103 Å². The highest BCUT2D eigenvalue weighted by Crippen LogP contribution is 2.43. The van der Waals surface area contributed by atoms with Crippen LogP contribution >= 0.6 is 46.2 Å². The molecule has 6 N–H and O–H groups in total. The van der Waals surface area contributed by atoms with Gasteiger partial charge in [-0.1, -0.05) is 10.3 Å². The number of hydrogen-bond donors (Lipinski definition) is 5. The standard InChI is InChI=1S/C38H46N12O9S4/c1-49(9-5-6-10-49)13-19-15-60-34-25(42-29(51)23(45-58-3)21-17-62-37(39)40-21)32(54)47(34)27(19)31(53)44-38-41-22(18-63-38)24(46-59-4)30(52)43-26-33(55)48-28(36(56)57)20(16-61-35(26)48)14-50(2)11-7-8-12-50/h17-18,25-26,34-35H,5-16H2,1-4H3,(H4-2,39,40,41,42,43,44,51,52,53,56,57)/p+2/b45-23-,46-24-/t25-,26-,34-,35-/m1/s1. The number of quaternary nitrogens is 2. The van der Waals surface area contributed by atoms with Crippen molar-refractivity contribution in [3.8, 4) is 0 Å². The molecule has 0 saturated carbocycles. The number of fused-ring (bicyclic) bond motifs is 2. The number of carbonyl (C=O) groups excluding carboxylic acids is 5. The summed E-state index contributed by atoms with van der Waals surface area (Å²) in [7, 11) is 6.76. The third kappa shape index (κ3) is 8.65. The topological polar surface area (TPSA) is 260 Å². The zero-order valence-electron chi connectivity index (χ0n) is 35.0. The summed E-state index contributed by atoms with van der Waals surface area (Å²) in [6.45, 7) is 4.79. The molecule has 4 saturated heterocycles. The molecule has 0 radical (unpaired) electrons. The Morgan fingerprint density at radius 1 is 0.778 bits per heavy atom. The first-order valence-corrected chi connectivity index (χ1v) is 24.1. The Hall–Kier alpha value is -5.08. The molecule has 2 aromatic heterocycles. The Morgan fingerprint density at radius 3 is 1.70 bits per heavy atom. The van der Waals surface area contributed by atoms with Crippen molar-refractivity contribution < 1.29 is 52.5 Å². The summed E-state index contributed by atoms with van der Waals surface area (Å²) in [6, 6.07) is -2.00. The molecule has 25 heteroatoms. The number of rotatable bonds is 15. The van der Waals surface area contributed by atoms with Crippen molar-refractivity contribution in [3.63, 3.8) is 0 Å². The molecule has 0 unspecified atom stereocenters. The highest BCUT2D eigenvalue weighted by atomic mass is 32.2. The van der Waals surface area contributed by atoms with Crippen LogP contribution in [0, 0.1) is 0 Å². The number of aromatic nitrogens is 2. The number of likely N-dealkylation sites (N-methyl/N-ethyl adjacent to an activating group) is 2. The fourth-order valence-electron chi connectivity index (χ4n) is 9.06. The maximum absolute atomic E-state index is 14.3. The molecule has 63 heavy (non-hydrogen) atoms. The summed E-state index contributed by atoms with van der Waals surface area (Å²) in [5, 5.41) is 28.3. The van der Waals surface area contributed by atoms with Crippen LogP contribution in [0.2, 0.25) is 0 Å². The summed E-state index contributed by atoms with van der Waals surface area (Å²) < 4.78 is 1.42. The van der Waals surface area contributed by atoms with Crippen LogP contribution in [0.5, 0.6) is 0 Å². The average Bonchev–Trinajstić information content (AvgIpc) is 4.09. The second kappa shape index (κ2) is 17.8. The Bertz CT molecular complexity index is 2370. The number of hydrogen-bond acceptors (Lipinski definition) is 17. The SMILES string of the molecule is CO/N=C(\C(=O)N[C@@H]1C(=O)N2C(C(=O)O)=C(C[N+]3(C)CCCC3)CS[C@H]12)c1csc(NC(=O)C2=C(C[N+]3(C)CCCC3)CS[C@@H]3[C@H](NC(=O)/C(=N\OC)c4csc(N)n4)C(=O)N23)n1. The Kier molecular flexibility index (Phi) is 12.6. The fourth-order valence-corrected chi connectivity index (χ4v) is 13.0. The number of oxime groups is 2. The molecule has 4 atom stereocenters. The second-order valence-electron chi connectivity index (χ2n) is 16.6. The Balaban J connectivity index is 0.970. The quantitative estimate of drug-likeness (QED) is 0.0701. The number of aliphatic carboxylic acids is 1. The number of nitrogen functional groups attached to an aromatic ring is 1. The third-order valence-electron chi connectivity index (χ3n) is 12.0. The highest BCUT2D eigenvalue weighted by Gasteiger charge is 2.56. The van der Waals surface area contributed by atoms with Crippen LogP contribution in [0.3, 0.4) is 0 Å². The second-order valence-corrected chi connectivity index (χ2v) is 20.6. The minimum atomic E-state index is -1.18. The van der Waals surface area contributed by atoms with Crippen molar-refractivity contribution in [2.45, 2.75) is 48.5 Å². The number of carboxylic acid groups (broad SMARTS) is 1.